The van der Waals surface area contributed by atoms with Crippen LogP contribution in [0.15, 0.2) is 48.9 Å². The Morgan fingerprint density at radius 2 is 2.05 bits per heavy atom. The summed E-state index contributed by atoms with van der Waals surface area (Å²) >= 11 is 6.35. The second-order valence-corrected chi connectivity index (χ2v) is 10.3. The van der Waals surface area contributed by atoms with E-state index in [0.717, 1.165) is 49.3 Å². The van der Waals surface area contributed by atoms with Gasteiger partial charge in [0.15, 0.2) is 5.83 Å². The summed E-state index contributed by atoms with van der Waals surface area (Å²) in [6, 6.07) is 9.22. The third kappa shape index (κ3) is 5.88. The number of likely N-dealkylation sites (tertiary alicyclic amines) is 1. The SMILES string of the molecule is Cc1cncc(Cl)c1C(C)Oc1ccc2[nH]nc(/C(F)=C/c3ccc(CN4CCC(CO)CC4)nc3)c2c1. The molecule has 5 rings (SSSR count). The summed E-state index contributed by atoms with van der Waals surface area (Å²) in [4.78, 5) is 11.0. The van der Waals surface area contributed by atoms with E-state index in [0.29, 0.717) is 33.2 Å². The van der Waals surface area contributed by atoms with Crippen molar-refractivity contribution in [2.24, 2.45) is 5.92 Å². The number of hydrogen-bond acceptors (Lipinski definition) is 6. The molecular weight excluding hydrogens is 505 g/mol. The molecule has 0 bridgehead atoms. The predicted octanol–water partition coefficient (Wildman–Crippen LogP) is 6.13. The maximum atomic E-state index is 15.3. The van der Waals surface area contributed by atoms with Gasteiger partial charge < -0.3 is 9.84 Å². The molecule has 0 spiro atoms. The van der Waals surface area contributed by atoms with Crippen molar-refractivity contribution < 1.29 is 14.2 Å². The zero-order chi connectivity index (χ0) is 26.6. The number of aryl methyl sites for hydroxylation is 1. The van der Waals surface area contributed by atoms with E-state index < -0.39 is 5.83 Å². The number of aromatic nitrogens is 4. The van der Waals surface area contributed by atoms with E-state index in [2.05, 4.69) is 25.1 Å². The van der Waals surface area contributed by atoms with Gasteiger partial charge in [0.05, 0.1) is 16.2 Å². The van der Waals surface area contributed by atoms with Crippen molar-refractivity contribution in [1.29, 1.82) is 0 Å². The van der Waals surface area contributed by atoms with Gasteiger partial charge in [-0.25, -0.2) is 4.39 Å². The van der Waals surface area contributed by atoms with Crippen LogP contribution in [-0.4, -0.2) is 49.9 Å². The Bertz CT molecular complexity index is 1410. The maximum Gasteiger partial charge on any atom is 0.151 e. The lowest BCUT2D eigenvalue weighted by atomic mass is 9.98. The van der Waals surface area contributed by atoms with Crippen LogP contribution in [0.2, 0.25) is 5.02 Å². The number of pyridine rings is 2. The van der Waals surface area contributed by atoms with Crippen LogP contribution in [0.1, 0.15) is 53.9 Å². The number of nitrogens with one attached hydrogen (secondary N) is 1. The molecule has 1 unspecified atom stereocenters. The third-order valence-corrected chi connectivity index (χ3v) is 7.41. The van der Waals surface area contributed by atoms with Crippen LogP contribution in [0.3, 0.4) is 0 Å². The first kappa shape index (κ1) is 26.3. The van der Waals surface area contributed by atoms with E-state index >= 15 is 4.39 Å². The second-order valence-electron chi connectivity index (χ2n) is 9.87. The molecule has 1 aliphatic heterocycles. The van der Waals surface area contributed by atoms with Crippen LogP contribution in [0.25, 0.3) is 22.8 Å². The van der Waals surface area contributed by atoms with Crippen LogP contribution in [0.4, 0.5) is 4.39 Å². The molecule has 0 saturated carbocycles. The molecule has 1 aromatic carbocycles. The second kappa shape index (κ2) is 11.6. The number of halogens is 2. The van der Waals surface area contributed by atoms with Gasteiger partial charge in [-0.3, -0.25) is 20.0 Å². The number of piperidine rings is 1. The van der Waals surface area contributed by atoms with E-state index in [9.17, 15) is 5.11 Å². The molecule has 1 saturated heterocycles. The van der Waals surface area contributed by atoms with Crippen LogP contribution in [0.5, 0.6) is 5.75 Å². The number of fused-ring (bicyclic) bond motifs is 1. The van der Waals surface area contributed by atoms with E-state index in [1.807, 2.05) is 38.1 Å². The summed E-state index contributed by atoms with van der Waals surface area (Å²) in [5.74, 6) is 0.528. The summed E-state index contributed by atoms with van der Waals surface area (Å²) in [6.45, 7) is 6.78. The molecule has 9 heteroatoms. The lowest BCUT2D eigenvalue weighted by molar-refractivity contribution is 0.126. The topological polar surface area (TPSA) is 87.2 Å². The highest BCUT2D eigenvalue weighted by Crippen LogP contribution is 2.33. The highest BCUT2D eigenvalue weighted by molar-refractivity contribution is 6.31. The van der Waals surface area contributed by atoms with Gasteiger partial charge in [0.1, 0.15) is 17.5 Å². The van der Waals surface area contributed by atoms with Gasteiger partial charge >= 0.3 is 0 Å². The number of benzene rings is 1. The number of rotatable bonds is 8. The molecule has 0 aliphatic carbocycles. The Kier molecular flexibility index (Phi) is 8.02. The summed E-state index contributed by atoms with van der Waals surface area (Å²) in [5, 5.41) is 17.6. The highest BCUT2D eigenvalue weighted by Gasteiger charge is 2.19. The van der Waals surface area contributed by atoms with Crippen LogP contribution in [-0.2, 0) is 6.54 Å². The summed E-state index contributed by atoms with van der Waals surface area (Å²) < 4.78 is 21.5. The quantitative estimate of drug-likeness (QED) is 0.282. The lowest BCUT2D eigenvalue weighted by Gasteiger charge is -2.30. The van der Waals surface area contributed by atoms with Crippen LogP contribution in [0, 0.1) is 12.8 Å². The summed E-state index contributed by atoms with van der Waals surface area (Å²) in [7, 11) is 0. The summed E-state index contributed by atoms with van der Waals surface area (Å²) in [5.41, 5.74) is 4.33. The van der Waals surface area contributed by atoms with Gasteiger partial charge in [-0.2, -0.15) is 5.10 Å². The Balaban J connectivity index is 1.30. The number of aliphatic hydroxyl groups is 1. The van der Waals surface area contributed by atoms with Crippen molar-refractivity contribution in [2.45, 2.75) is 39.3 Å². The molecule has 198 valence electrons. The molecule has 4 heterocycles. The molecule has 38 heavy (non-hydrogen) atoms. The number of aliphatic hydroxyl groups excluding tert-OH is 1. The van der Waals surface area contributed by atoms with Gasteiger partial charge in [0.2, 0.25) is 0 Å². The number of ether oxygens (including phenoxy) is 1. The van der Waals surface area contributed by atoms with E-state index in [1.54, 1.807) is 24.7 Å². The van der Waals surface area contributed by atoms with Crippen LogP contribution < -0.4 is 4.74 Å². The molecule has 1 fully saturated rings. The third-order valence-electron chi connectivity index (χ3n) is 7.11. The van der Waals surface area contributed by atoms with Crippen molar-refractivity contribution in [1.82, 2.24) is 25.1 Å². The Morgan fingerprint density at radius 3 is 2.76 bits per heavy atom. The molecule has 1 aliphatic rings. The molecule has 2 N–H and O–H groups in total. The largest absolute Gasteiger partial charge is 0.486 e. The average Bonchev–Trinajstić information content (AvgIpc) is 3.34. The fourth-order valence-electron chi connectivity index (χ4n) is 4.95. The predicted molar refractivity (Wildman–Crippen MR) is 147 cm³/mol. The molecule has 3 aromatic heterocycles. The van der Waals surface area contributed by atoms with Crippen LogP contribution >= 0.6 is 11.6 Å². The van der Waals surface area contributed by atoms with Gasteiger partial charge in [0, 0.05) is 42.7 Å². The Hall–Kier alpha value is -3.33. The molecule has 4 aromatic rings. The first-order chi connectivity index (χ1) is 18.4. The van der Waals surface area contributed by atoms with E-state index in [-0.39, 0.29) is 18.4 Å². The molecular formula is C29H31ClFN5O2. The van der Waals surface area contributed by atoms with Crippen molar-refractivity contribution in [3.05, 3.63) is 82.0 Å². The number of H-pyrrole nitrogens is 1. The zero-order valence-corrected chi connectivity index (χ0v) is 22.2. The molecule has 0 radical (unpaired) electrons. The van der Waals surface area contributed by atoms with Gasteiger partial charge in [-0.1, -0.05) is 17.7 Å². The van der Waals surface area contributed by atoms with E-state index in [4.69, 9.17) is 16.3 Å². The Morgan fingerprint density at radius 1 is 1.24 bits per heavy atom. The van der Waals surface area contributed by atoms with E-state index in [1.165, 1.54) is 6.08 Å². The minimum atomic E-state index is -0.463. The zero-order valence-electron chi connectivity index (χ0n) is 21.5. The fraction of sp³-hybridized carbons (Fsp3) is 0.345. The monoisotopic (exact) mass is 535 g/mol. The van der Waals surface area contributed by atoms with Crippen molar-refractivity contribution in [3.8, 4) is 5.75 Å². The number of aromatic amines is 1. The summed E-state index contributed by atoms with van der Waals surface area (Å²) in [6.07, 6.45) is 8.16. The number of nitrogens with zero attached hydrogens (tertiary/aromatic N) is 4. The normalized spacial score (nSPS) is 16.2. The fourth-order valence-corrected chi connectivity index (χ4v) is 5.31. The van der Waals surface area contributed by atoms with Crippen molar-refractivity contribution in [2.75, 3.05) is 19.7 Å². The Labute approximate surface area is 226 Å². The minimum Gasteiger partial charge on any atom is -0.486 e. The number of hydrogen-bond donors (Lipinski definition) is 2. The van der Waals surface area contributed by atoms with Gasteiger partial charge in [-0.05, 0) is 87.2 Å². The first-order valence-electron chi connectivity index (χ1n) is 12.8. The molecule has 7 nitrogen and oxygen atoms in total. The lowest BCUT2D eigenvalue weighted by Crippen LogP contribution is -2.34. The minimum absolute atomic E-state index is 0.215. The van der Waals surface area contributed by atoms with Gasteiger partial charge in [0.25, 0.3) is 0 Å². The average molecular weight is 536 g/mol. The van der Waals surface area contributed by atoms with Gasteiger partial charge in [-0.15, -0.1) is 0 Å². The van der Waals surface area contributed by atoms with Crippen molar-refractivity contribution in [3.63, 3.8) is 0 Å². The smallest absolute Gasteiger partial charge is 0.151 e. The first-order valence-corrected chi connectivity index (χ1v) is 13.2. The molecule has 0 amide bonds. The molecule has 1 atom stereocenters. The van der Waals surface area contributed by atoms with Crippen molar-refractivity contribution >= 4 is 34.4 Å². The highest BCUT2D eigenvalue weighted by atomic mass is 35.5. The maximum absolute atomic E-state index is 15.3. The standard InChI is InChI=1S/C29H31ClFN5O2/c1-18-13-32-15-25(30)28(18)19(2)38-23-5-6-27-24(12-23)29(35-34-27)26(31)11-21-3-4-22(33-14-21)16-36-9-7-20(17-37)8-10-36/h3-6,11-15,19-20,37H,7-10,16-17H2,1-2H3,(H,34,35)/b26-11-.